The van der Waals surface area contributed by atoms with E-state index in [1.807, 2.05) is 13.0 Å². The predicted molar refractivity (Wildman–Crippen MR) is 120 cm³/mol. The van der Waals surface area contributed by atoms with Gasteiger partial charge in [0.15, 0.2) is 5.16 Å². The number of pyridine rings is 1. The molecule has 0 aromatic carbocycles. The summed E-state index contributed by atoms with van der Waals surface area (Å²) >= 11 is 2.53. The summed E-state index contributed by atoms with van der Waals surface area (Å²) in [6.45, 7) is 5.63. The van der Waals surface area contributed by atoms with Crippen LogP contribution in [0.1, 0.15) is 46.6 Å². The van der Waals surface area contributed by atoms with Gasteiger partial charge in [0.25, 0.3) is 0 Å². The van der Waals surface area contributed by atoms with Crippen molar-refractivity contribution < 1.29 is 14.3 Å². The zero-order valence-electron chi connectivity index (χ0n) is 17.4. The van der Waals surface area contributed by atoms with E-state index in [0.29, 0.717) is 16.2 Å². The number of nitrogens with zero attached hydrogens (tertiary/aromatic N) is 3. The summed E-state index contributed by atoms with van der Waals surface area (Å²) < 4.78 is 6.58. The number of anilines is 1. The summed E-state index contributed by atoms with van der Waals surface area (Å²) in [5, 5.41) is 3.06. The lowest BCUT2D eigenvalue weighted by Crippen LogP contribution is -2.25. The molecule has 31 heavy (non-hydrogen) atoms. The van der Waals surface area contributed by atoms with Crippen molar-refractivity contribution in [3.05, 3.63) is 50.4 Å². The minimum absolute atomic E-state index is 0.232. The molecule has 8 nitrogen and oxygen atoms in total. The Hall–Kier alpha value is -2.72. The number of fused-ring (bicyclic) bond motifs is 2. The molecule has 3 heterocycles. The van der Waals surface area contributed by atoms with E-state index in [4.69, 9.17) is 4.74 Å². The molecule has 1 amide bonds. The molecule has 1 aliphatic carbocycles. The number of esters is 1. The Morgan fingerprint density at radius 2 is 2.13 bits per heavy atom. The molecule has 0 aliphatic heterocycles. The third-order valence-electron chi connectivity index (χ3n) is 4.97. The van der Waals surface area contributed by atoms with Crippen LogP contribution in [0.4, 0.5) is 5.00 Å². The molecule has 162 valence electrons. The molecule has 0 saturated heterocycles. The number of thioether (sulfide) groups is 1. The van der Waals surface area contributed by atoms with Crippen LogP contribution in [0.3, 0.4) is 0 Å². The molecule has 0 radical (unpaired) electrons. The van der Waals surface area contributed by atoms with Crippen LogP contribution in [0.25, 0.3) is 5.65 Å². The van der Waals surface area contributed by atoms with Crippen molar-refractivity contribution in [2.75, 3.05) is 11.9 Å². The van der Waals surface area contributed by atoms with Gasteiger partial charge in [0, 0.05) is 11.1 Å². The Morgan fingerprint density at radius 3 is 2.90 bits per heavy atom. The van der Waals surface area contributed by atoms with Crippen molar-refractivity contribution in [2.24, 2.45) is 0 Å². The molecule has 1 atom stereocenters. The molecule has 4 rings (SSSR count). The SMILES string of the molecule is CCOC(=O)c1c(NC(=O)C(C)Sc2nc(=O)n3cc(C)ccc3n2)sc2c1CCC2. The predicted octanol–water partition coefficient (Wildman–Crippen LogP) is 3.24. The first kappa shape index (κ1) is 21.5. The maximum Gasteiger partial charge on any atom is 0.355 e. The third kappa shape index (κ3) is 4.35. The minimum Gasteiger partial charge on any atom is -0.462 e. The van der Waals surface area contributed by atoms with Crippen molar-refractivity contribution in [2.45, 2.75) is 50.4 Å². The van der Waals surface area contributed by atoms with Gasteiger partial charge in [0.1, 0.15) is 10.6 Å². The first-order chi connectivity index (χ1) is 14.9. The lowest BCUT2D eigenvalue weighted by Gasteiger charge is -2.12. The lowest BCUT2D eigenvalue weighted by molar-refractivity contribution is -0.115. The second-order valence-corrected chi connectivity index (χ2v) is 9.67. The van der Waals surface area contributed by atoms with Crippen LogP contribution in [0, 0.1) is 6.92 Å². The van der Waals surface area contributed by atoms with E-state index in [1.54, 1.807) is 26.1 Å². The Morgan fingerprint density at radius 1 is 1.32 bits per heavy atom. The quantitative estimate of drug-likeness (QED) is 0.447. The van der Waals surface area contributed by atoms with Gasteiger partial charge in [-0.15, -0.1) is 11.3 Å². The molecule has 0 saturated carbocycles. The molecule has 10 heteroatoms. The molecule has 0 fully saturated rings. The van der Waals surface area contributed by atoms with E-state index in [-0.39, 0.29) is 17.7 Å². The smallest absolute Gasteiger partial charge is 0.355 e. The van der Waals surface area contributed by atoms with Gasteiger partial charge in [0.2, 0.25) is 5.91 Å². The molecule has 1 N–H and O–H groups in total. The Bertz CT molecular complexity index is 1230. The minimum atomic E-state index is -0.570. The number of carbonyl (C=O) groups excluding carboxylic acids is 2. The fourth-order valence-electron chi connectivity index (χ4n) is 3.49. The van der Waals surface area contributed by atoms with Gasteiger partial charge in [-0.25, -0.2) is 14.6 Å². The van der Waals surface area contributed by atoms with Crippen LogP contribution in [0.5, 0.6) is 0 Å². The molecule has 0 spiro atoms. The highest BCUT2D eigenvalue weighted by Gasteiger charge is 2.29. The monoisotopic (exact) mass is 458 g/mol. The Labute approximate surface area is 187 Å². The van der Waals surface area contributed by atoms with Crippen LogP contribution >= 0.6 is 23.1 Å². The van der Waals surface area contributed by atoms with Gasteiger partial charge in [-0.2, -0.15) is 4.98 Å². The largest absolute Gasteiger partial charge is 0.462 e. The number of aromatic nitrogens is 3. The highest BCUT2D eigenvalue weighted by molar-refractivity contribution is 8.00. The lowest BCUT2D eigenvalue weighted by atomic mass is 10.1. The molecular formula is C21H22N4O4S2. The second-order valence-electron chi connectivity index (χ2n) is 7.25. The molecule has 3 aromatic heterocycles. The molecule has 0 bridgehead atoms. The van der Waals surface area contributed by atoms with Crippen molar-refractivity contribution in [1.29, 1.82) is 0 Å². The summed E-state index contributed by atoms with van der Waals surface area (Å²) in [5.41, 5.74) is 2.41. The average Bonchev–Trinajstić information content (AvgIpc) is 3.29. The fourth-order valence-corrected chi connectivity index (χ4v) is 5.53. The highest BCUT2D eigenvalue weighted by Crippen LogP contribution is 2.39. The number of thiophene rings is 1. The Kier molecular flexibility index (Phi) is 6.10. The van der Waals surface area contributed by atoms with E-state index in [2.05, 4.69) is 15.3 Å². The maximum atomic E-state index is 12.9. The van der Waals surface area contributed by atoms with Crippen LogP contribution in [0.15, 0.2) is 28.3 Å². The van der Waals surface area contributed by atoms with Crippen LogP contribution in [-0.4, -0.2) is 38.1 Å². The first-order valence-electron chi connectivity index (χ1n) is 10.0. The number of rotatable bonds is 6. The molecular weight excluding hydrogens is 436 g/mol. The summed E-state index contributed by atoms with van der Waals surface area (Å²) in [6, 6.07) is 3.60. The summed E-state index contributed by atoms with van der Waals surface area (Å²) in [7, 11) is 0. The van der Waals surface area contributed by atoms with Crippen LogP contribution in [-0.2, 0) is 22.4 Å². The van der Waals surface area contributed by atoms with Crippen LogP contribution < -0.4 is 11.0 Å². The van der Waals surface area contributed by atoms with Crippen molar-refractivity contribution >= 4 is 45.6 Å². The molecule has 1 aliphatic rings. The number of ether oxygens (including phenoxy) is 1. The van der Waals surface area contributed by atoms with Gasteiger partial charge >= 0.3 is 11.7 Å². The van der Waals surface area contributed by atoms with E-state index in [9.17, 15) is 14.4 Å². The summed E-state index contributed by atoms with van der Waals surface area (Å²) in [6.07, 6.45) is 4.40. The number of nitrogens with one attached hydrogen (secondary N) is 1. The maximum absolute atomic E-state index is 12.9. The Balaban J connectivity index is 1.53. The van der Waals surface area contributed by atoms with Crippen molar-refractivity contribution in [1.82, 2.24) is 14.4 Å². The number of carbonyl (C=O) groups is 2. The normalized spacial score (nSPS) is 13.8. The second kappa shape index (κ2) is 8.80. The van der Waals surface area contributed by atoms with Gasteiger partial charge in [-0.1, -0.05) is 17.8 Å². The van der Waals surface area contributed by atoms with Gasteiger partial charge in [-0.3, -0.25) is 9.20 Å². The van der Waals surface area contributed by atoms with E-state index < -0.39 is 16.9 Å². The average molecular weight is 459 g/mol. The van der Waals surface area contributed by atoms with Gasteiger partial charge in [-0.05, 0) is 57.2 Å². The highest BCUT2D eigenvalue weighted by atomic mass is 32.2. The molecule has 1 unspecified atom stereocenters. The number of hydrogen-bond donors (Lipinski definition) is 1. The van der Waals surface area contributed by atoms with Gasteiger partial charge < -0.3 is 10.1 Å². The zero-order valence-corrected chi connectivity index (χ0v) is 19.1. The third-order valence-corrected chi connectivity index (χ3v) is 7.14. The summed E-state index contributed by atoms with van der Waals surface area (Å²) in [5.74, 6) is -0.693. The van der Waals surface area contributed by atoms with E-state index in [0.717, 1.165) is 47.0 Å². The van der Waals surface area contributed by atoms with Crippen molar-refractivity contribution in [3.63, 3.8) is 0 Å². The number of hydrogen-bond acceptors (Lipinski definition) is 8. The molecule has 3 aromatic rings. The fraction of sp³-hybridized carbons (Fsp3) is 0.381. The first-order valence-corrected chi connectivity index (χ1v) is 11.7. The topological polar surface area (TPSA) is 103 Å². The van der Waals surface area contributed by atoms with E-state index >= 15 is 0 Å². The van der Waals surface area contributed by atoms with Crippen molar-refractivity contribution in [3.8, 4) is 0 Å². The standard InChI is InChI=1S/C21H22N4O4S2/c1-4-29-19(27)16-13-6-5-7-14(13)31-18(16)23-17(26)12(3)30-20-22-15-9-8-11(2)10-25(15)21(28)24-20/h8-10,12H,4-7H2,1-3H3,(H,23,26). The number of aryl methyl sites for hydroxylation is 2. The van der Waals surface area contributed by atoms with Gasteiger partial charge in [0.05, 0.1) is 17.4 Å². The summed E-state index contributed by atoms with van der Waals surface area (Å²) in [4.78, 5) is 47.1. The zero-order chi connectivity index (χ0) is 22.1. The van der Waals surface area contributed by atoms with E-state index in [1.165, 1.54) is 15.7 Å². The van der Waals surface area contributed by atoms with Crippen LogP contribution in [0.2, 0.25) is 0 Å². The number of amides is 1.